The van der Waals surface area contributed by atoms with Crippen molar-refractivity contribution < 1.29 is 28.7 Å². The van der Waals surface area contributed by atoms with Gasteiger partial charge in [-0.2, -0.15) is 0 Å². The van der Waals surface area contributed by atoms with E-state index in [0.29, 0.717) is 11.1 Å². The van der Waals surface area contributed by atoms with Gasteiger partial charge in [0.05, 0.1) is 17.7 Å². The van der Waals surface area contributed by atoms with E-state index in [2.05, 4.69) is 10.6 Å². The average Bonchev–Trinajstić information content (AvgIpc) is 2.82. The monoisotopic (exact) mass is 377 g/mol. The van der Waals surface area contributed by atoms with Gasteiger partial charge in [-0.05, 0) is 32.9 Å². The van der Waals surface area contributed by atoms with E-state index in [1.807, 2.05) is 0 Å². The van der Waals surface area contributed by atoms with E-state index < -0.39 is 17.8 Å². The van der Waals surface area contributed by atoms with Crippen molar-refractivity contribution in [2.45, 2.75) is 26.4 Å². The summed E-state index contributed by atoms with van der Waals surface area (Å²) in [5.74, 6) is -0.764. The molecule has 0 bridgehead atoms. The number of amides is 4. The van der Waals surface area contributed by atoms with E-state index >= 15 is 0 Å². The lowest BCUT2D eigenvalue weighted by Gasteiger charge is -2.19. The summed E-state index contributed by atoms with van der Waals surface area (Å²) in [4.78, 5) is 48.4. The zero-order valence-corrected chi connectivity index (χ0v) is 15.5. The lowest BCUT2D eigenvalue weighted by atomic mass is 10.1. The van der Waals surface area contributed by atoms with Gasteiger partial charge in [-0.25, -0.2) is 9.59 Å². The first-order valence-corrected chi connectivity index (χ1v) is 8.52. The predicted octanol–water partition coefficient (Wildman–Crippen LogP) is 1.53. The minimum Gasteiger partial charge on any atom is -0.448 e. The van der Waals surface area contributed by atoms with Crippen LogP contribution in [0.1, 0.15) is 41.5 Å². The van der Waals surface area contributed by atoms with Crippen LogP contribution in [0.2, 0.25) is 0 Å². The van der Waals surface area contributed by atoms with Crippen LogP contribution < -0.4 is 10.6 Å². The second-order valence-electron chi connectivity index (χ2n) is 6.80. The normalized spacial score (nSPS) is 13.2. The fraction of sp³-hybridized carbons (Fsp3) is 0.444. The van der Waals surface area contributed by atoms with Crippen LogP contribution in [0.25, 0.3) is 0 Å². The molecule has 9 heteroatoms. The summed E-state index contributed by atoms with van der Waals surface area (Å²) < 4.78 is 9.93. The molecule has 0 unspecified atom stereocenters. The van der Waals surface area contributed by atoms with Crippen molar-refractivity contribution >= 4 is 24.0 Å². The number of fused-ring (bicyclic) bond motifs is 1. The van der Waals surface area contributed by atoms with Crippen LogP contribution in [0.15, 0.2) is 24.3 Å². The summed E-state index contributed by atoms with van der Waals surface area (Å²) in [5, 5.41) is 4.91. The average molecular weight is 377 g/mol. The molecule has 9 nitrogen and oxygen atoms in total. The van der Waals surface area contributed by atoms with Crippen LogP contribution in [0, 0.1) is 0 Å². The molecule has 2 rings (SSSR count). The summed E-state index contributed by atoms with van der Waals surface area (Å²) in [6.07, 6.45) is -1.31. The molecule has 0 fully saturated rings. The molecular formula is C18H23N3O6. The van der Waals surface area contributed by atoms with Crippen LogP contribution in [-0.2, 0) is 9.47 Å². The van der Waals surface area contributed by atoms with Crippen molar-refractivity contribution in [2.75, 3.05) is 26.2 Å². The highest BCUT2D eigenvalue weighted by Gasteiger charge is 2.34. The molecule has 0 saturated carbocycles. The maximum absolute atomic E-state index is 12.2. The van der Waals surface area contributed by atoms with Crippen molar-refractivity contribution in [1.82, 2.24) is 15.5 Å². The lowest BCUT2D eigenvalue weighted by Crippen LogP contribution is -2.39. The summed E-state index contributed by atoms with van der Waals surface area (Å²) in [6, 6.07) is 6.56. The predicted molar refractivity (Wildman–Crippen MR) is 95.4 cm³/mol. The minimum atomic E-state index is -0.711. The number of hydrogen-bond acceptors (Lipinski definition) is 6. The molecule has 1 aliphatic heterocycles. The van der Waals surface area contributed by atoms with Crippen molar-refractivity contribution in [1.29, 1.82) is 0 Å². The van der Waals surface area contributed by atoms with Crippen LogP contribution in [0.3, 0.4) is 0 Å². The molecule has 1 aromatic rings. The summed E-state index contributed by atoms with van der Waals surface area (Å²) in [7, 11) is 0. The Bertz CT molecular complexity index is 706. The number of carbonyl (C=O) groups excluding carboxylic acids is 4. The second-order valence-corrected chi connectivity index (χ2v) is 6.80. The molecular weight excluding hydrogens is 354 g/mol. The molecule has 1 aromatic carbocycles. The third kappa shape index (κ3) is 5.70. The van der Waals surface area contributed by atoms with E-state index in [0.717, 1.165) is 4.90 Å². The van der Waals surface area contributed by atoms with Crippen molar-refractivity contribution in [3.8, 4) is 0 Å². The van der Waals surface area contributed by atoms with Crippen molar-refractivity contribution in [3.63, 3.8) is 0 Å². The smallest absolute Gasteiger partial charge is 0.407 e. The first-order chi connectivity index (χ1) is 12.7. The molecule has 27 heavy (non-hydrogen) atoms. The van der Waals surface area contributed by atoms with Gasteiger partial charge in [0.2, 0.25) is 0 Å². The van der Waals surface area contributed by atoms with E-state index in [1.54, 1.807) is 45.0 Å². The Hall–Kier alpha value is -3.10. The molecule has 146 valence electrons. The van der Waals surface area contributed by atoms with Gasteiger partial charge in [-0.3, -0.25) is 14.5 Å². The number of nitrogens with zero attached hydrogens (tertiary/aromatic N) is 1. The molecule has 1 aliphatic rings. The molecule has 0 aliphatic carbocycles. The second kappa shape index (κ2) is 8.52. The fourth-order valence-electron chi connectivity index (χ4n) is 2.37. The zero-order chi connectivity index (χ0) is 20.0. The van der Waals surface area contributed by atoms with E-state index in [-0.39, 0.29) is 38.1 Å². The van der Waals surface area contributed by atoms with Crippen LogP contribution in [0.4, 0.5) is 9.59 Å². The van der Waals surface area contributed by atoms with Gasteiger partial charge < -0.3 is 20.1 Å². The van der Waals surface area contributed by atoms with Crippen LogP contribution in [0.5, 0.6) is 0 Å². The van der Waals surface area contributed by atoms with E-state index in [4.69, 9.17) is 9.47 Å². The number of rotatable bonds is 6. The fourth-order valence-corrected chi connectivity index (χ4v) is 2.37. The summed E-state index contributed by atoms with van der Waals surface area (Å²) in [6.45, 7) is 5.38. The number of ether oxygens (including phenoxy) is 2. The van der Waals surface area contributed by atoms with Gasteiger partial charge in [-0.1, -0.05) is 12.1 Å². The standard InChI is InChI=1S/C18H23N3O6/c1-18(2,3)27-17(25)20-9-11-26-16(24)19-8-10-21-14(22)12-6-4-5-7-13(12)15(21)23/h4-7H,8-11H2,1-3H3,(H,19,24)(H,20,25). The lowest BCUT2D eigenvalue weighted by molar-refractivity contribution is 0.0511. The van der Waals surface area contributed by atoms with Gasteiger partial charge in [0, 0.05) is 13.1 Å². The van der Waals surface area contributed by atoms with Crippen molar-refractivity contribution in [2.24, 2.45) is 0 Å². The van der Waals surface area contributed by atoms with Crippen LogP contribution >= 0.6 is 0 Å². The number of alkyl carbamates (subject to hydrolysis) is 2. The largest absolute Gasteiger partial charge is 0.448 e. The topological polar surface area (TPSA) is 114 Å². The number of imide groups is 1. The highest BCUT2D eigenvalue weighted by atomic mass is 16.6. The first-order valence-electron chi connectivity index (χ1n) is 8.52. The van der Waals surface area contributed by atoms with E-state index in [1.165, 1.54) is 0 Å². The Morgan fingerprint density at radius 3 is 2.07 bits per heavy atom. The van der Waals surface area contributed by atoms with Crippen molar-refractivity contribution in [3.05, 3.63) is 35.4 Å². The summed E-state index contributed by atoms with van der Waals surface area (Å²) in [5.41, 5.74) is 0.114. The molecule has 0 radical (unpaired) electrons. The highest BCUT2D eigenvalue weighted by Crippen LogP contribution is 2.21. The molecule has 0 atom stereocenters. The highest BCUT2D eigenvalue weighted by molar-refractivity contribution is 6.21. The molecule has 4 amide bonds. The molecule has 0 aromatic heterocycles. The Kier molecular flexibility index (Phi) is 6.38. The first kappa shape index (κ1) is 20.2. The maximum atomic E-state index is 12.2. The van der Waals surface area contributed by atoms with Crippen LogP contribution in [-0.4, -0.2) is 60.7 Å². The minimum absolute atomic E-state index is 0.0393. The van der Waals surface area contributed by atoms with Gasteiger partial charge in [0.15, 0.2) is 0 Å². The maximum Gasteiger partial charge on any atom is 0.407 e. The molecule has 0 saturated heterocycles. The number of hydrogen-bond donors (Lipinski definition) is 2. The van der Waals surface area contributed by atoms with E-state index in [9.17, 15) is 19.2 Å². The Balaban J connectivity index is 1.64. The third-order valence-corrected chi connectivity index (χ3v) is 3.49. The summed E-state index contributed by atoms with van der Waals surface area (Å²) >= 11 is 0. The van der Waals surface area contributed by atoms with Gasteiger partial charge in [0.25, 0.3) is 11.8 Å². The Morgan fingerprint density at radius 2 is 1.52 bits per heavy atom. The SMILES string of the molecule is CC(C)(C)OC(=O)NCCOC(=O)NCCN1C(=O)c2ccccc2C1=O. The third-order valence-electron chi connectivity index (χ3n) is 3.49. The zero-order valence-electron chi connectivity index (χ0n) is 15.5. The number of benzene rings is 1. The number of nitrogens with one attached hydrogen (secondary N) is 2. The van der Waals surface area contributed by atoms with Gasteiger partial charge >= 0.3 is 12.2 Å². The Morgan fingerprint density at radius 1 is 0.963 bits per heavy atom. The van der Waals surface area contributed by atoms with Gasteiger partial charge in [0.1, 0.15) is 12.2 Å². The van der Waals surface area contributed by atoms with Gasteiger partial charge in [-0.15, -0.1) is 0 Å². The molecule has 0 spiro atoms. The Labute approximate surface area is 157 Å². The molecule has 2 N–H and O–H groups in total. The molecule has 1 heterocycles. The number of carbonyl (C=O) groups is 4. The quantitative estimate of drug-likeness (QED) is 0.574.